The van der Waals surface area contributed by atoms with Crippen LogP contribution in [0, 0.1) is 0 Å². The molecule has 0 spiro atoms. The van der Waals surface area contributed by atoms with Crippen LogP contribution in [0.25, 0.3) is 0 Å². The SMILES string of the molecule is NC(CCC1CCCCO1)c1ccc(C(F)(F)F)cc1. The Morgan fingerprint density at radius 3 is 2.45 bits per heavy atom. The zero-order valence-corrected chi connectivity index (χ0v) is 11.3. The molecule has 1 aromatic carbocycles. The van der Waals surface area contributed by atoms with E-state index in [9.17, 15) is 13.2 Å². The van der Waals surface area contributed by atoms with Gasteiger partial charge in [-0.15, -0.1) is 0 Å². The molecule has 0 radical (unpaired) electrons. The van der Waals surface area contributed by atoms with Gasteiger partial charge in [-0.1, -0.05) is 12.1 Å². The number of nitrogens with two attached hydrogens (primary N) is 1. The largest absolute Gasteiger partial charge is 0.416 e. The molecule has 1 heterocycles. The average molecular weight is 287 g/mol. The molecule has 112 valence electrons. The highest BCUT2D eigenvalue weighted by Crippen LogP contribution is 2.30. The first-order valence-electron chi connectivity index (χ1n) is 7.01. The van der Waals surface area contributed by atoms with E-state index in [1.807, 2.05) is 0 Å². The molecule has 0 saturated carbocycles. The molecule has 1 fully saturated rings. The van der Waals surface area contributed by atoms with Crippen molar-refractivity contribution in [2.75, 3.05) is 6.61 Å². The van der Waals surface area contributed by atoms with Crippen molar-refractivity contribution in [1.82, 2.24) is 0 Å². The molecule has 2 atom stereocenters. The van der Waals surface area contributed by atoms with Gasteiger partial charge >= 0.3 is 6.18 Å². The highest BCUT2D eigenvalue weighted by molar-refractivity contribution is 5.26. The molecule has 20 heavy (non-hydrogen) atoms. The summed E-state index contributed by atoms with van der Waals surface area (Å²) in [6.07, 6.45) is 0.905. The predicted molar refractivity (Wildman–Crippen MR) is 71.2 cm³/mol. The maximum Gasteiger partial charge on any atom is 0.416 e. The number of hydrogen-bond acceptors (Lipinski definition) is 2. The predicted octanol–water partition coefficient (Wildman–Crippen LogP) is 4.05. The highest BCUT2D eigenvalue weighted by atomic mass is 19.4. The molecule has 0 bridgehead atoms. The summed E-state index contributed by atoms with van der Waals surface area (Å²) in [7, 11) is 0. The maximum absolute atomic E-state index is 12.5. The molecule has 2 nitrogen and oxygen atoms in total. The summed E-state index contributed by atoms with van der Waals surface area (Å²) in [5, 5.41) is 0. The lowest BCUT2D eigenvalue weighted by Crippen LogP contribution is -2.21. The molecule has 2 unspecified atom stereocenters. The second kappa shape index (κ2) is 6.59. The summed E-state index contributed by atoms with van der Waals surface area (Å²) < 4.78 is 43.0. The minimum absolute atomic E-state index is 0.234. The van der Waals surface area contributed by atoms with Gasteiger partial charge in [0.2, 0.25) is 0 Å². The van der Waals surface area contributed by atoms with E-state index in [0.717, 1.165) is 50.0 Å². The Bertz CT molecular complexity index is 410. The van der Waals surface area contributed by atoms with Crippen molar-refractivity contribution in [3.05, 3.63) is 35.4 Å². The van der Waals surface area contributed by atoms with Crippen molar-refractivity contribution in [2.24, 2.45) is 5.73 Å². The van der Waals surface area contributed by atoms with E-state index in [1.165, 1.54) is 18.6 Å². The summed E-state index contributed by atoms with van der Waals surface area (Å²) >= 11 is 0. The maximum atomic E-state index is 12.5. The van der Waals surface area contributed by atoms with Crippen LogP contribution in [0.3, 0.4) is 0 Å². The van der Waals surface area contributed by atoms with Crippen LogP contribution in [0.2, 0.25) is 0 Å². The summed E-state index contributed by atoms with van der Waals surface area (Å²) in [5.74, 6) is 0. The van der Waals surface area contributed by atoms with Gasteiger partial charge in [0.05, 0.1) is 11.7 Å². The summed E-state index contributed by atoms with van der Waals surface area (Å²) in [4.78, 5) is 0. The molecule has 0 amide bonds. The summed E-state index contributed by atoms with van der Waals surface area (Å²) in [6.45, 7) is 0.806. The van der Waals surface area contributed by atoms with E-state index in [4.69, 9.17) is 10.5 Å². The zero-order valence-electron chi connectivity index (χ0n) is 11.3. The Kier molecular flexibility index (Phi) is 5.05. The highest BCUT2D eigenvalue weighted by Gasteiger charge is 2.30. The standard InChI is InChI=1S/C15H20F3NO/c16-15(17,18)12-6-4-11(5-7-12)14(19)9-8-13-3-1-2-10-20-13/h4-7,13-14H,1-3,8-10,19H2. The van der Waals surface area contributed by atoms with E-state index in [1.54, 1.807) is 0 Å². The minimum atomic E-state index is -4.29. The Balaban J connectivity index is 1.87. The van der Waals surface area contributed by atoms with Gasteiger partial charge in [0, 0.05) is 12.6 Å². The van der Waals surface area contributed by atoms with Crippen molar-refractivity contribution in [1.29, 1.82) is 0 Å². The molecule has 2 rings (SSSR count). The summed E-state index contributed by atoms with van der Waals surface area (Å²) in [5.41, 5.74) is 6.14. The lowest BCUT2D eigenvalue weighted by molar-refractivity contribution is -0.137. The smallest absolute Gasteiger partial charge is 0.378 e. The average Bonchev–Trinajstić information content (AvgIpc) is 2.45. The molecule has 0 aromatic heterocycles. The van der Waals surface area contributed by atoms with Gasteiger partial charge in [-0.3, -0.25) is 0 Å². The molecule has 5 heteroatoms. The van der Waals surface area contributed by atoms with Gasteiger partial charge < -0.3 is 10.5 Å². The fourth-order valence-corrected chi connectivity index (χ4v) is 2.49. The number of alkyl halides is 3. The number of hydrogen-bond donors (Lipinski definition) is 1. The van der Waals surface area contributed by atoms with Crippen LogP contribution in [0.4, 0.5) is 13.2 Å². The second-order valence-corrected chi connectivity index (χ2v) is 5.29. The second-order valence-electron chi connectivity index (χ2n) is 5.29. The topological polar surface area (TPSA) is 35.2 Å². The summed E-state index contributed by atoms with van der Waals surface area (Å²) in [6, 6.07) is 4.88. The lowest BCUT2D eigenvalue weighted by atomic mass is 9.97. The third-order valence-electron chi connectivity index (χ3n) is 3.74. The fraction of sp³-hybridized carbons (Fsp3) is 0.600. The fourth-order valence-electron chi connectivity index (χ4n) is 2.49. The number of rotatable bonds is 4. The van der Waals surface area contributed by atoms with Crippen LogP contribution in [0.15, 0.2) is 24.3 Å². The monoisotopic (exact) mass is 287 g/mol. The normalized spacial score (nSPS) is 21.7. The molecule has 1 saturated heterocycles. The zero-order chi connectivity index (χ0) is 14.6. The third kappa shape index (κ3) is 4.21. The van der Waals surface area contributed by atoms with Crippen LogP contribution >= 0.6 is 0 Å². The first-order valence-corrected chi connectivity index (χ1v) is 7.01. The van der Waals surface area contributed by atoms with E-state index >= 15 is 0 Å². The van der Waals surface area contributed by atoms with Crippen molar-refractivity contribution >= 4 is 0 Å². The Hall–Kier alpha value is -1.07. The lowest BCUT2D eigenvalue weighted by Gasteiger charge is -2.24. The molecule has 1 aromatic rings. The van der Waals surface area contributed by atoms with Gasteiger partial charge in [-0.2, -0.15) is 13.2 Å². The molecule has 1 aliphatic heterocycles. The molecule has 1 aliphatic rings. The minimum Gasteiger partial charge on any atom is -0.378 e. The van der Waals surface area contributed by atoms with Gasteiger partial charge in [0.25, 0.3) is 0 Å². The van der Waals surface area contributed by atoms with Crippen molar-refractivity contribution in [3.8, 4) is 0 Å². The van der Waals surface area contributed by atoms with Gasteiger partial charge in [0.1, 0.15) is 0 Å². The number of benzene rings is 1. The van der Waals surface area contributed by atoms with Gasteiger partial charge in [-0.25, -0.2) is 0 Å². The third-order valence-corrected chi connectivity index (χ3v) is 3.74. The molecular formula is C15H20F3NO. The van der Waals surface area contributed by atoms with Crippen LogP contribution in [0.5, 0.6) is 0 Å². The Labute approximate surface area is 117 Å². The van der Waals surface area contributed by atoms with Crippen molar-refractivity contribution < 1.29 is 17.9 Å². The van der Waals surface area contributed by atoms with Crippen molar-refractivity contribution in [2.45, 2.75) is 50.4 Å². The van der Waals surface area contributed by atoms with Crippen LogP contribution in [0.1, 0.15) is 49.3 Å². The molecule has 0 aliphatic carbocycles. The van der Waals surface area contributed by atoms with E-state index < -0.39 is 11.7 Å². The van der Waals surface area contributed by atoms with Crippen LogP contribution < -0.4 is 5.73 Å². The Morgan fingerprint density at radius 1 is 1.20 bits per heavy atom. The number of ether oxygens (including phenoxy) is 1. The molecular weight excluding hydrogens is 267 g/mol. The Morgan fingerprint density at radius 2 is 1.90 bits per heavy atom. The van der Waals surface area contributed by atoms with Crippen molar-refractivity contribution in [3.63, 3.8) is 0 Å². The van der Waals surface area contributed by atoms with Gasteiger partial charge in [-0.05, 0) is 49.8 Å². The van der Waals surface area contributed by atoms with E-state index in [-0.39, 0.29) is 12.1 Å². The quantitative estimate of drug-likeness (QED) is 0.906. The number of halogens is 3. The first-order chi connectivity index (χ1) is 9.47. The van der Waals surface area contributed by atoms with Gasteiger partial charge in [0.15, 0.2) is 0 Å². The van der Waals surface area contributed by atoms with E-state index in [2.05, 4.69) is 0 Å². The van der Waals surface area contributed by atoms with Crippen LogP contribution in [-0.2, 0) is 10.9 Å². The first kappa shape index (κ1) is 15.3. The van der Waals surface area contributed by atoms with E-state index in [0.29, 0.717) is 0 Å². The molecule has 2 N–H and O–H groups in total. The van der Waals surface area contributed by atoms with Crippen LogP contribution in [-0.4, -0.2) is 12.7 Å².